The van der Waals surface area contributed by atoms with Crippen molar-refractivity contribution in [1.29, 1.82) is 0 Å². The quantitative estimate of drug-likeness (QED) is 0.155. The van der Waals surface area contributed by atoms with Gasteiger partial charge in [0.05, 0.1) is 16.6 Å². The Kier molecular flexibility index (Phi) is 12.4. The van der Waals surface area contributed by atoms with Crippen LogP contribution in [0.15, 0.2) is 195 Å². The smallest absolute Gasteiger partial charge is 0.0686 e. The Labute approximate surface area is 491 Å². The Morgan fingerprint density at radius 3 is 1.25 bits per heavy atom. The molecule has 1 aliphatic heterocycles. The van der Waals surface area contributed by atoms with Crippen LogP contribution in [0.2, 0.25) is 0 Å². The zero-order valence-corrected chi connectivity index (χ0v) is 51.0. The van der Waals surface area contributed by atoms with Crippen molar-refractivity contribution in [1.82, 2.24) is 14.8 Å². The van der Waals surface area contributed by atoms with E-state index in [4.69, 9.17) is 4.98 Å². The average molecular weight is 1220 g/mol. The van der Waals surface area contributed by atoms with Gasteiger partial charge in [-0.3, -0.25) is 4.98 Å². The summed E-state index contributed by atoms with van der Waals surface area (Å²) in [5.74, 6) is 0. The second-order valence-electron chi connectivity index (χ2n) is 27.0. The first kappa shape index (κ1) is 53.6. The molecule has 0 spiro atoms. The van der Waals surface area contributed by atoms with Crippen LogP contribution in [0.1, 0.15) is 167 Å². The van der Waals surface area contributed by atoms with Gasteiger partial charge in [0, 0.05) is 32.7 Å². The summed E-state index contributed by atoms with van der Waals surface area (Å²) in [4.78, 5) is 10.1. The molecule has 0 saturated carbocycles. The summed E-state index contributed by atoms with van der Waals surface area (Å²) < 4.78 is 0. The molecule has 3 atom stereocenters. The van der Waals surface area contributed by atoms with E-state index in [1.54, 1.807) is 0 Å². The summed E-state index contributed by atoms with van der Waals surface area (Å²) in [6.45, 7) is 30.0. The van der Waals surface area contributed by atoms with Crippen molar-refractivity contribution < 1.29 is 21.1 Å². The van der Waals surface area contributed by atoms with Gasteiger partial charge in [-0.25, -0.2) is 0 Å². The van der Waals surface area contributed by atoms with Crippen LogP contribution in [0.3, 0.4) is 0 Å². The Balaban J connectivity index is 0.00000637. The fraction of sp³-hybridized carbons (Fsp3) is 0.263. The summed E-state index contributed by atoms with van der Waals surface area (Å²) in [6, 6.07) is 76.4. The zero-order valence-electron chi connectivity index (χ0n) is 48.7. The monoisotopic (exact) mass is 1220 g/mol. The molecule has 404 valence electrons. The summed E-state index contributed by atoms with van der Waals surface area (Å²) >= 11 is 0. The maximum Gasteiger partial charge on any atom is 0.0686 e. The van der Waals surface area contributed by atoms with Gasteiger partial charge < -0.3 is 9.80 Å². The maximum absolute atomic E-state index is 5.48. The summed E-state index contributed by atoms with van der Waals surface area (Å²) in [7, 11) is 2.12. The van der Waals surface area contributed by atoms with E-state index in [1.807, 2.05) is 6.20 Å². The van der Waals surface area contributed by atoms with Gasteiger partial charge in [-0.1, -0.05) is 210 Å². The summed E-state index contributed by atoms with van der Waals surface area (Å²) in [5.41, 5.74) is 22.7. The van der Waals surface area contributed by atoms with Crippen molar-refractivity contribution >= 4 is 0 Å². The third-order valence-electron chi connectivity index (χ3n) is 18.1. The predicted molar refractivity (Wildman–Crippen MR) is 326 cm³/mol. The molecule has 2 heterocycles. The molecule has 4 heteroatoms. The number of rotatable bonds is 6. The van der Waals surface area contributed by atoms with Gasteiger partial charge >= 0.3 is 0 Å². The third-order valence-corrected chi connectivity index (χ3v) is 18.1. The van der Waals surface area contributed by atoms with Crippen LogP contribution < -0.4 is 0 Å². The zero-order chi connectivity index (χ0) is 55.2. The Morgan fingerprint density at radius 1 is 0.375 bits per heavy atom. The molecule has 9 aromatic rings. The van der Waals surface area contributed by atoms with Crippen LogP contribution in [0.25, 0.3) is 33.4 Å². The van der Waals surface area contributed by atoms with Crippen molar-refractivity contribution in [2.75, 3.05) is 7.05 Å². The molecule has 8 aromatic carbocycles. The Morgan fingerprint density at radius 2 is 0.750 bits per heavy atom. The Hall–Kier alpha value is -7.06. The fourth-order valence-electron chi connectivity index (χ4n) is 13.9. The molecule has 0 saturated heterocycles. The molecular weight excluding hydrogens is 1150 g/mol. The van der Waals surface area contributed by atoms with Crippen LogP contribution in [-0.2, 0) is 59.1 Å². The standard InChI is InChI=1S/C76H72N3.Pt/c1-70(2,3)49-32-35-65-60(44-49)57-26-14-17-29-63(57)74(65,54-23-21-25-56(43-54)76(79-41-40-78(13)48-79)67-31-19-16-28-59(67)62-46-51(72(7,8)9)34-37-68(62)76)53-22-20-24-55(42-53)75(69-47-52(38-39-77-69)73(10,11)12)64-30-18-15-27-58(64)61-45-50(71(4,5)6)33-36-66(61)75;/h14-41,44-48H,1-13H3;/q-3;. The van der Waals surface area contributed by atoms with Crippen molar-refractivity contribution in [3.63, 3.8) is 0 Å². The molecule has 0 N–H and O–H groups in total. The minimum absolute atomic E-state index is 0. The molecule has 3 unspecified atom stereocenters. The molecule has 1 aromatic heterocycles. The van der Waals surface area contributed by atoms with E-state index in [-0.39, 0.29) is 42.7 Å². The number of fused-ring (bicyclic) bond motifs is 9. The molecule has 0 fully saturated rings. The fourth-order valence-corrected chi connectivity index (χ4v) is 13.9. The number of hydrogen-bond acceptors (Lipinski definition) is 3. The van der Waals surface area contributed by atoms with Crippen molar-refractivity contribution in [3.05, 3.63) is 297 Å². The normalized spacial score (nSPS) is 19.7. The van der Waals surface area contributed by atoms with Gasteiger partial charge in [-0.15, -0.1) is 22.3 Å². The first-order valence-electron chi connectivity index (χ1n) is 28.4. The topological polar surface area (TPSA) is 19.4 Å². The first-order chi connectivity index (χ1) is 37.6. The average Bonchev–Trinajstić information content (AvgIpc) is 4.34. The largest absolute Gasteiger partial charge is 0.511 e. The van der Waals surface area contributed by atoms with Gasteiger partial charge in [0.25, 0.3) is 0 Å². The van der Waals surface area contributed by atoms with E-state index >= 15 is 0 Å². The van der Waals surface area contributed by atoms with E-state index in [0.29, 0.717) is 0 Å². The second-order valence-corrected chi connectivity index (χ2v) is 27.0. The molecule has 0 amide bonds. The molecule has 0 bridgehead atoms. The van der Waals surface area contributed by atoms with Crippen LogP contribution in [0.4, 0.5) is 0 Å². The second kappa shape index (κ2) is 18.5. The molecule has 3 nitrogen and oxygen atoms in total. The minimum Gasteiger partial charge on any atom is -0.511 e. The molecule has 80 heavy (non-hydrogen) atoms. The van der Waals surface area contributed by atoms with Crippen LogP contribution in [-0.4, -0.2) is 21.8 Å². The molecule has 13 rings (SSSR count). The maximum atomic E-state index is 5.48. The van der Waals surface area contributed by atoms with E-state index in [0.717, 1.165) is 27.9 Å². The van der Waals surface area contributed by atoms with E-state index in [1.165, 1.54) is 89.0 Å². The molecule has 0 radical (unpaired) electrons. The van der Waals surface area contributed by atoms with E-state index in [9.17, 15) is 0 Å². The van der Waals surface area contributed by atoms with Crippen LogP contribution >= 0.6 is 0 Å². The van der Waals surface area contributed by atoms with Gasteiger partial charge in [0.2, 0.25) is 0 Å². The van der Waals surface area contributed by atoms with Gasteiger partial charge in [0.1, 0.15) is 0 Å². The number of hydrogen-bond donors (Lipinski definition) is 0. The summed E-state index contributed by atoms with van der Waals surface area (Å²) in [6.07, 6.45) is 6.45. The first-order valence-corrected chi connectivity index (χ1v) is 28.4. The third kappa shape index (κ3) is 7.72. The minimum atomic E-state index is -0.854. The van der Waals surface area contributed by atoms with Gasteiger partial charge in [-0.05, 0) is 142 Å². The summed E-state index contributed by atoms with van der Waals surface area (Å²) in [5, 5.41) is 0. The number of aromatic nitrogens is 1. The van der Waals surface area contributed by atoms with Crippen molar-refractivity contribution in [3.8, 4) is 33.4 Å². The molecule has 3 aliphatic carbocycles. The SMILES string of the molecule is CN1C=CN(C2(c3[c-]c(C4(c5[c-]c(C6(c7cc(C(C)(C)C)ccn7)c7ccccc7-c7cc(C(C)(C)C)ccc76)ccc5)c5ccccc5-c5cc(C(C)(C)C)ccc54)ccc3)c3ccccc3-c3cc(C(C)(C)C)ccc32)[CH-]1.[Pt]. The number of benzene rings is 8. The van der Waals surface area contributed by atoms with Crippen molar-refractivity contribution in [2.45, 2.75) is 121 Å². The van der Waals surface area contributed by atoms with E-state index < -0.39 is 16.4 Å². The van der Waals surface area contributed by atoms with Crippen LogP contribution in [0.5, 0.6) is 0 Å². The molecular formula is C76H72N3Pt-3. The van der Waals surface area contributed by atoms with Gasteiger partial charge in [-0.2, -0.15) is 55.2 Å². The Bertz CT molecular complexity index is 3980. The van der Waals surface area contributed by atoms with E-state index in [2.05, 4.69) is 307 Å². The molecule has 4 aliphatic rings. The van der Waals surface area contributed by atoms with Gasteiger partial charge in [0.15, 0.2) is 0 Å². The van der Waals surface area contributed by atoms with Crippen LogP contribution in [0, 0.1) is 18.8 Å². The van der Waals surface area contributed by atoms with Crippen molar-refractivity contribution in [2.24, 2.45) is 0 Å². The number of pyridine rings is 1. The number of nitrogens with zero attached hydrogens (tertiary/aromatic N) is 3. The predicted octanol–water partition coefficient (Wildman–Crippen LogP) is 17.7.